The second kappa shape index (κ2) is 7.17. The lowest BCUT2D eigenvalue weighted by molar-refractivity contribution is 0.770. The maximum Gasteiger partial charge on any atom is 0.328 e. The summed E-state index contributed by atoms with van der Waals surface area (Å²) < 4.78 is 1.57. The fourth-order valence-corrected chi connectivity index (χ4v) is 3.44. The molecule has 3 rings (SSSR count). The van der Waals surface area contributed by atoms with Gasteiger partial charge in [-0.2, -0.15) is 0 Å². The number of rotatable bonds is 5. The first-order valence-corrected chi connectivity index (χ1v) is 9.27. The number of hydrogen-bond acceptors (Lipinski definition) is 4. The van der Waals surface area contributed by atoms with E-state index in [1.165, 1.54) is 11.8 Å². The summed E-state index contributed by atoms with van der Waals surface area (Å²) in [5.41, 5.74) is 2.66. The predicted molar refractivity (Wildman–Crippen MR) is 99.5 cm³/mol. The summed E-state index contributed by atoms with van der Waals surface area (Å²) in [6, 6.07) is 5.69. The normalized spacial score (nSPS) is 11.3. The van der Waals surface area contributed by atoms with E-state index in [1.807, 2.05) is 25.1 Å². The number of fused-ring (bicyclic) bond motifs is 1. The van der Waals surface area contributed by atoms with Crippen LogP contribution in [0.4, 0.5) is 0 Å². The lowest BCUT2D eigenvalue weighted by Crippen LogP contribution is -2.17. The molecule has 0 aliphatic carbocycles. The van der Waals surface area contributed by atoms with Gasteiger partial charge in [0.25, 0.3) is 0 Å². The fraction of sp³-hybridized carbons (Fsp3) is 0.312. The maximum atomic E-state index is 12.3. The Balaban J connectivity index is 2.05. The van der Waals surface area contributed by atoms with Crippen LogP contribution in [0.1, 0.15) is 24.5 Å². The largest absolute Gasteiger partial charge is 0.328 e. The van der Waals surface area contributed by atoms with Crippen molar-refractivity contribution in [1.82, 2.24) is 19.5 Å². The van der Waals surface area contributed by atoms with Crippen LogP contribution < -0.4 is 5.69 Å². The van der Waals surface area contributed by atoms with E-state index in [9.17, 15) is 4.79 Å². The standard InChI is InChI=1S/C16H16Cl2N4OS/c1-3-6-24-15-20-13(18)12-14(21-15)22(16(23)19-12)8-10-4-5-11(17)9(2)7-10/h4-5,7H,3,6,8H2,1-2H3,(H,19,23). The second-order valence-electron chi connectivity index (χ2n) is 5.44. The van der Waals surface area contributed by atoms with Crippen LogP contribution in [0.3, 0.4) is 0 Å². The number of H-pyrrole nitrogens is 1. The topological polar surface area (TPSA) is 63.6 Å². The van der Waals surface area contributed by atoms with Crippen molar-refractivity contribution in [1.29, 1.82) is 0 Å². The van der Waals surface area contributed by atoms with Crippen LogP contribution in [0.5, 0.6) is 0 Å². The van der Waals surface area contributed by atoms with Crippen molar-refractivity contribution in [2.45, 2.75) is 32.0 Å². The predicted octanol–water partition coefficient (Wildman–Crippen LogP) is 4.29. The van der Waals surface area contributed by atoms with E-state index in [4.69, 9.17) is 23.2 Å². The van der Waals surface area contributed by atoms with Gasteiger partial charge in [-0.15, -0.1) is 0 Å². The third-order valence-electron chi connectivity index (χ3n) is 3.56. The van der Waals surface area contributed by atoms with Crippen molar-refractivity contribution in [3.05, 3.63) is 50.0 Å². The molecule has 0 aliphatic rings. The first-order chi connectivity index (χ1) is 11.5. The highest BCUT2D eigenvalue weighted by Crippen LogP contribution is 2.23. The average molecular weight is 383 g/mol. The molecule has 1 aromatic carbocycles. The number of nitrogens with zero attached hydrogens (tertiary/aromatic N) is 3. The van der Waals surface area contributed by atoms with Crippen molar-refractivity contribution in [2.24, 2.45) is 0 Å². The molecule has 3 aromatic rings. The molecule has 0 saturated heterocycles. The number of aromatic nitrogens is 4. The van der Waals surface area contributed by atoms with Crippen LogP contribution in [0, 0.1) is 6.92 Å². The Kier molecular flexibility index (Phi) is 5.18. The number of aromatic amines is 1. The molecule has 0 fully saturated rings. The van der Waals surface area contributed by atoms with Gasteiger partial charge in [-0.3, -0.25) is 4.57 Å². The van der Waals surface area contributed by atoms with Crippen LogP contribution in [0.25, 0.3) is 11.2 Å². The molecule has 2 aromatic heterocycles. The molecule has 0 unspecified atom stereocenters. The fourth-order valence-electron chi connectivity index (χ4n) is 2.37. The van der Waals surface area contributed by atoms with E-state index in [1.54, 1.807) is 4.57 Å². The van der Waals surface area contributed by atoms with Crippen molar-refractivity contribution in [3.63, 3.8) is 0 Å². The zero-order valence-corrected chi connectivity index (χ0v) is 15.6. The van der Waals surface area contributed by atoms with E-state index < -0.39 is 0 Å². The molecule has 24 heavy (non-hydrogen) atoms. The number of aryl methyl sites for hydroxylation is 1. The van der Waals surface area contributed by atoms with E-state index in [0.717, 1.165) is 23.3 Å². The van der Waals surface area contributed by atoms with Gasteiger partial charge in [0.1, 0.15) is 5.52 Å². The summed E-state index contributed by atoms with van der Waals surface area (Å²) >= 11 is 13.8. The summed E-state index contributed by atoms with van der Waals surface area (Å²) in [6.07, 6.45) is 1.01. The summed E-state index contributed by atoms with van der Waals surface area (Å²) in [5, 5.41) is 1.55. The Morgan fingerprint density at radius 3 is 2.79 bits per heavy atom. The first-order valence-electron chi connectivity index (χ1n) is 7.53. The molecule has 0 radical (unpaired) electrons. The molecule has 126 valence electrons. The zero-order valence-electron chi connectivity index (χ0n) is 13.3. The Hall–Kier alpha value is -1.50. The average Bonchev–Trinajstić information content (AvgIpc) is 2.86. The third kappa shape index (κ3) is 3.45. The second-order valence-corrected chi connectivity index (χ2v) is 7.27. The van der Waals surface area contributed by atoms with Gasteiger partial charge in [0.2, 0.25) is 0 Å². The molecular formula is C16H16Cl2N4OS. The SMILES string of the molecule is CCCSc1nc(Cl)c2[nH]c(=O)n(Cc3ccc(Cl)c(C)c3)c2n1. The number of benzene rings is 1. The molecule has 0 aliphatic heterocycles. The molecule has 0 spiro atoms. The summed E-state index contributed by atoms with van der Waals surface area (Å²) in [5.74, 6) is 0.896. The highest BCUT2D eigenvalue weighted by molar-refractivity contribution is 7.99. The molecule has 1 N–H and O–H groups in total. The Bertz CT molecular complexity index is 951. The Labute approximate surface area is 153 Å². The minimum absolute atomic E-state index is 0.258. The molecule has 0 amide bonds. The van der Waals surface area contributed by atoms with Crippen LogP contribution in [-0.2, 0) is 6.54 Å². The maximum absolute atomic E-state index is 12.3. The minimum atomic E-state index is -0.258. The van der Waals surface area contributed by atoms with Gasteiger partial charge in [-0.25, -0.2) is 14.8 Å². The van der Waals surface area contributed by atoms with Crippen LogP contribution in [0.2, 0.25) is 10.2 Å². The molecule has 0 bridgehead atoms. The molecule has 0 atom stereocenters. The van der Waals surface area contributed by atoms with Gasteiger partial charge in [0.15, 0.2) is 16.0 Å². The van der Waals surface area contributed by atoms with Crippen molar-refractivity contribution in [3.8, 4) is 0 Å². The molecule has 0 saturated carbocycles. The van der Waals surface area contributed by atoms with Crippen LogP contribution >= 0.6 is 35.0 Å². The lowest BCUT2D eigenvalue weighted by Gasteiger charge is -2.06. The highest BCUT2D eigenvalue weighted by Gasteiger charge is 2.15. The molecule has 2 heterocycles. The van der Waals surface area contributed by atoms with E-state index in [-0.39, 0.29) is 10.8 Å². The molecule has 5 nitrogen and oxygen atoms in total. The quantitative estimate of drug-likeness (QED) is 0.406. The van der Waals surface area contributed by atoms with Gasteiger partial charge >= 0.3 is 5.69 Å². The Morgan fingerprint density at radius 1 is 1.29 bits per heavy atom. The number of nitrogens with one attached hydrogen (secondary N) is 1. The monoisotopic (exact) mass is 382 g/mol. The number of imidazole rings is 1. The number of thioether (sulfide) groups is 1. The lowest BCUT2D eigenvalue weighted by atomic mass is 10.1. The van der Waals surface area contributed by atoms with E-state index >= 15 is 0 Å². The summed E-state index contributed by atoms with van der Waals surface area (Å²) in [7, 11) is 0. The summed E-state index contributed by atoms with van der Waals surface area (Å²) in [4.78, 5) is 23.8. The van der Waals surface area contributed by atoms with E-state index in [0.29, 0.717) is 27.9 Å². The van der Waals surface area contributed by atoms with Crippen molar-refractivity contribution >= 4 is 46.1 Å². The van der Waals surface area contributed by atoms with Gasteiger partial charge in [0, 0.05) is 10.8 Å². The molecular weight excluding hydrogens is 367 g/mol. The highest BCUT2D eigenvalue weighted by atomic mass is 35.5. The van der Waals surface area contributed by atoms with Gasteiger partial charge < -0.3 is 4.98 Å². The summed E-state index contributed by atoms with van der Waals surface area (Å²) in [6.45, 7) is 4.41. The van der Waals surface area contributed by atoms with Crippen LogP contribution in [-0.4, -0.2) is 25.3 Å². The third-order valence-corrected chi connectivity index (χ3v) is 5.31. The smallest absolute Gasteiger partial charge is 0.302 e. The Morgan fingerprint density at radius 2 is 2.08 bits per heavy atom. The van der Waals surface area contributed by atoms with Gasteiger partial charge in [-0.1, -0.05) is 54.0 Å². The minimum Gasteiger partial charge on any atom is -0.302 e. The number of hydrogen-bond donors (Lipinski definition) is 1. The van der Waals surface area contributed by atoms with Gasteiger partial charge in [-0.05, 0) is 30.5 Å². The van der Waals surface area contributed by atoms with Crippen molar-refractivity contribution < 1.29 is 0 Å². The van der Waals surface area contributed by atoms with Crippen molar-refractivity contribution in [2.75, 3.05) is 5.75 Å². The van der Waals surface area contributed by atoms with E-state index in [2.05, 4.69) is 21.9 Å². The van der Waals surface area contributed by atoms with Crippen LogP contribution in [0.15, 0.2) is 28.2 Å². The first kappa shape index (κ1) is 17.3. The zero-order chi connectivity index (χ0) is 17.3. The molecule has 8 heteroatoms. The van der Waals surface area contributed by atoms with Gasteiger partial charge in [0.05, 0.1) is 6.54 Å². The number of halogens is 2.